The summed E-state index contributed by atoms with van der Waals surface area (Å²) in [5, 5.41) is 2.77. The topological polar surface area (TPSA) is 109 Å². The zero-order chi connectivity index (χ0) is 26.2. The van der Waals surface area contributed by atoms with Gasteiger partial charge in [-0.1, -0.05) is 36.4 Å². The summed E-state index contributed by atoms with van der Waals surface area (Å²) >= 11 is 0. The molecule has 1 amide bonds. The fourth-order valence-electron chi connectivity index (χ4n) is 3.36. The van der Waals surface area contributed by atoms with Gasteiger partial charge in [-0.25, -0.2) is 19.8 Å². The molecule has 198 valence electrons. The number of rotatable bonds is 13. The molecule has 0 spiro atoms. The number of hydrogen-bond acceptors (Lipinski definition) is 7. The van der Waals surface area contributed by atoms with Crippen LogP contribution in [-0.4, -0.2) is 68.1 Å². The molecule has 36 heavy (non-hydrogen) atoms. The molecule has 0 bridgehead atoms. The highest BCUT2D eigenvalue weighted by molar-refractivity contribution is 8.32. The minimum absolute atomic E-state index is 0.0605. The van der Waals surface area contributed by atoms with Gasteiger partial charge in [0, 0.05) is 5.75 Å². The van der Waals surface area contributed by atoms with Gasteiger partial charge >= 0.3 is 6.09 Å². The van der Waals surface area contributed by atoms with Crippen molar-refractivity contribution in [1.29, 1.82) is 0 Å². The minimum Gasteiger partial charge on any atom is -0.445 e. The highest BCUT2D eigenvalue weighted by Crippen LogP contribution is 2.33. The lowest BCUT2D eigenvalue weighted by Crippen LogP contribution is -2.25. The van der Waals surface area contributed by atoms with Crippen LogP contribution in [0.15, 0.2) is 48.5 Å². The summed E-state index contributed by atoms with van der Waals surface area (Å²) in [6, 6.07) is 15.2. The number of hydrogen-bond donors (Lipinski definition) is 1. The molecular weight excluding hydrogens is 502 g/mol. The number of ether oxygens (including phenoxy) is 2. The number of amides is 1. The van der Waals surface area contributed by atoms with Crippen molar-refractivity contribution in [1.82, 2.24) is 14.9 Å². The molecule has 0 radical (unpaired) electrons. The van der Waals surface area contributed by atoms with E-state index in [1.54, 1.807) is 0 Å². The van der Waals surface area contributed by atoms with E-state index in [4.69, 9.17) is 18.6 Å². The van der Waals surface area contributed by atoms with Gasteiger partial charge in [-0.15, -0.1) is 0 Å². The third kappa shape index (κ3) is 9.45. The number of imidazole rings is 1. The van der Waals surface area contributed by atoms with E-state index in [-0.39, 0.29) is 19.8 Å². The van der Waals surface area contributed by atoms with Crippen LogP contribution in [0.4, 0.5) is 4.79 Å². The second-order valence-corrected chi connectivity index (χ2v) is 15.5. The van der Waals surface area contributed by atoms with Crippen LogP contribution in [-0.2, 0) is 50.1 Å². The first-order valence-electron chi connectivity index (χ1n) is 11.5. The maximum Gasteiger partial charge on any atom is 0.407 e. The number of nitrogens with zero attached hydrogens (tertiary/aromatic N) is 2. The lowest BCUT2D eigenvalue weighted by atomic mass is 10.1. The third-order valence-electron chi connectivity index (χ3n) is 5.24. The first-order valence-corrected chi connectivity index (χ1v) is 16.4. The molecule has 1 N–H and O–H groups in total. The Labute approximate surface area is 214 Å². The number of benzene rings is 2. The van der Waals surface area contributed by atoms with Crippen LogP contribution in [0.3, 0.4) is 0 Å². The van der Waals surface area contributed by atoms with Gasteiger partial charge in [0.15, 0.2) is 0 Å². The average molecular weight is 538 g/mol. The van der Waals surface area contributed by atoms with E-state index >= 15 is 0 Å². The summed E-state index contributed by atoms with van der Waals surface area (Å²) in [6.07, 6.45) is 7.66. The molecule has 9 nitrogen and oxygen atoms in total. The molecule has 11 heteroatoms. The van der Waals surface area contributed by atoms with Gasteiger partial charge in [0.05, 0.1) is 37.0 Å². The van der Waals surface area contributed by atoms with Gasteiger partial charge in [0.25, 0.3) is 10.1 Å². The van der Waals surface area contributed by atoms with Gasteiger partial charge in [-0.3, -0.25) is 4.18 Å². The summed E-state index contributed by atoms with van der Waals surface area (Å²) in [5.74, 6) is 1.62. The number of carbonyl (C=O) groups is 1. The van der Waals surface area contributed by atoms with Crippen molar-refractivity contribution in [2.24, 2.45) is 0 Å². The van der Waals surface area contributed by atoms with E-state index < -0.39 is 26.2 Å². The lowest BCUT2D eigenvalue weighted by Gasteiger charge is -2.24. The largest absolute Gasteiger partial charge is 0.445 e. The standard InChI is InChI=1S/C25H35N3O6S2/c1-35(2,3)15-14-32-19-28-23-11-10-20(12-13-34-36(4,30)31)16-22(23)27-24(28)17-26-25(29)33-18-21-8-6-5-7-9-21/h5-11,16H,12-15,17-19H2,1-4H3,(H,26,29). The zero-order valence-electron chi connectivity index (χ0n) is 21.2. The van der Waals surface area contributed by atoms with Gasteiger partial charge in [0.2, 0.25) is 0 Å². The summed E-state index contributed by atoms with van der Waals surface area (Å²) in [4.78, 5) is 17.0. The van der Waals surface area contributed by atoms with E-state index in [2.05, 4.69) is 24.1 Å². The second-order valence-electron chi connectivity index (χ2n) is 9.30. The fraction of sp³-hybridized carbons (Fsp3) is 0.440. The molecule has 3 aromatic rings. The monoisotopic (exact) mass is 537 g/mol. The molecule has 3 rings (SSSR count). The van der Waals surface area contributed by atoms with Crippen LogP contribution in [0.5, 0.6) is 0 Å². The molecule has 0 aliphatic rings. The van der Waals surface area contributed by atoms with Gasteiger partial charge in [-0.2, -0.15) is 8.42 Å². The van der Waals surface area contributed by atoms with E-state index in [9.17, 15) is 13.2 Å². The SMILES string of the molecule is CS(C)(C)CCOCn1c(CNC(=O)OCc2ccccc2)nc2cc(CCOS(C)(=O)=O)ccc21. The Morgan fingerprint density at radius 2 is 1.75 bits per heavy atom. The Bertz CT molecular complexity index is 1250. The molecule has 0 saturated carbocycles. The van der Waals surface area contributed by atoms with E-state index in [0.29, 0.717) is 25.6 Å². The van der Waals surface area contributed by atoms with Crippen LogP contribution < -0.4 is 5.32 Å². The minimum atomic E-state index is -3.49. The number of fused-ring (bicyclic) bond motifs is 1. The molecule has 2 aromatic carbocycles. The maximum absolute atomic E-state index is 12.3. The first-order chi connectivity index (χ1) is 17.0. The second kappa shape index (κ2) is 12.6. The molecule has 0 saturated heterocycles. The van der Waals surface area contributed by atoms with Gasteiger partial charge < -0.3 is 19.4 Å². The molecule has 0 unspecified atom stereocenters. The smallest absolute Gasteiger partial charge is 0.407 e. The molecule has 1 aromatic heterocycles. The highest BCUT2D eigenvalue weighted by Gasteiger charge is 2.14. The third-order valence-corrected chi connectivity index (χ3v) is 7.23. The summed E-state index contributed by atoms with van der Waals surface area (Å²) in [5.41, 5.74) is 3.39. The van der Waals surface area contributed by atoms with Crippen molar-refractivity contribution < 1.29 is 26.9 Å². The van der Waals surface area contributed by atoms with Crippen LogP contribution in [0.2, 0.25) is 0 Å². The van der Waals surface area contributed by atoms with Gasteiger partial charge in [-0.05, 0) is 48.4 Å². The van der Waals surface area contributed by atoms with Crippen molar-refractivity contribution in [3.63, 3.8) is 0 Å². The Kier molecular flexibility index (Phi) is 9.77. The Hall–Kier alpha value is -2.60. The van der Waals surface area contributed by atoms with E-state index in [1.165, 1.54) is 0 Å². The zero-order valence-corrected chi connectivity index (χ0v) is 22.9. The van der Waals surface area contributed by atoms with E-state index in [1.807, 2.05) is 53.1 Å². The Morgan fingerprint density at radius 1 is 1.00 bits per heavy atom. The molecule has 0 atom stereocenters. The van der Waals surface area contributed by atoms with Crippen molar-refractivity contribution in [2.75, 3.05) is 44.0 Å². The Morgan fingerprint density at radius 3 is 2.44 bits per heavy atom. The van der Waals surface area contributed by atoms with Crippen LogP contribution >= 0.6 is 10.0 Å². The predicted octanol–water partition coefficient (Wildman–Crippen LogP) is 3.65. The quantitative estimate of drug-likeness (QED) is 0.262. The first kappa shape index (κ1) is 28.0. The highest BCUT2D eigenvalue weighted by atomic mass is 32.3. The summed E-state index contributed by atoms with van der Waals surface area (Å²) in [7, 11) is -4.16. The molecule has 0 aliphatic carbocycles. The number of aromatic nitrogens is 2. The average Bonchev–Trinajstić information content (AvgIpc) is 3.15. The lowest BCUT2D eigenvalue weighted by molar-refractivity contribution is 0.0897. The maximum atomic E-state index is 12.3. The van der Waals surface area contributed by atoms with Crippen molar-refractivity contribution in [3.05, 3.63) is 65.5 Å². The number of nitrogens with one attached hydrogen (secondary N) is 1. The molecular formula is C25H35N3O6S2. The summed E-state index contributed by atoms with van der Waals surface area (Å²) < 4.78 is 40.5. The van der Waals surface area contributed by atoms with Crippen LogP contribution in [0.1, 0.15) is 17.0 Å². The van der Waals surface area contributed by atoms with Crippen molar-refractivity contribution >= 4 is 37.3 Å². The van der Waals surface area contributed by atoms with Crippen LogP contribution in [0, 0.1) is 0 Å². The number of alkyl carbamates (subject to hydrolysis) is 1. The van der Waals surface area contributed by atoms with Crippen molar-refractivity contribution in [3.8, 4) is 0 Å². The fourth-order valence-corrected chi connectivity index (χ4v) is 4.36. The van der Waals surface area contributed by atoms with Crippen molar-refractivity contribution in [2.45, 2.75) is 26.3 Å². The van der Waals surface area contributed by atoms with Gasteiger partial charge in [0.1, 0.15) is 19.2 Å². The molecule has 1 heterocycles. The van der Waals surface area contributed by atoms with Crippen LogP contribution in [0.25, 0.3) is 11.0 Å². The van der Waals surface area contributed by atoms with E-state index in [0.717, 1.165) is 34.2 Å². The Balaban J connectivity index is 1.69. The number of carbonyl (C=O) groups excluding carboxylic acids is 1. The molecule has 0 aliphatic heterocycles. The molecule has 0 fully saturated rings. The summed E-state index contributed by atoms with van der Waals surface area (Å²) in [6.45, 7) is 1.35. The predicted molar refractivity (Wildman–Crippen MR) is 144 cm³/mol. The normalized spacial score (nSPS) is 12.6.